The number of anilines is 1. The molecule has 9 nitrogen and oxygen atoms in total. The third kappa shape index (κ3) is 7.23. The van der Waals surface area contributed by atoms with Gasteiger partial charge in [0, 0.05) is 5.56 Å². The van der Waals surface area contributed by atoms with E-state index in [0.717, 1.165) is 18.2 Å². The van der Waals surface area contributed by atoms with E-state index in [1.807, 2.05) is 0 Å². The van der Waals surface area contributed by atoms with Crippen LogP contribution < -0.4 is 9.73 Å². The quantitative estimate of drug-likeness (QED) is 0.146. The Hall–Kier alpha value is -4.91. The monoisotopic (exact) mass is 599 g/mol. The maximum absolute atomic E-state index is 13.3. The van der Waals surface area contributed by atoms with Crippen LogP contribution in [-0.4, -0.2) is 39.7 Å². The third-order valence-corrected chi connectivity index (χ3v) is 7.56. The van der Waals surface area contributed by atoms with Gasteiger partial charge in [0.1, 0.15) is 18.1 Å². The minimum Gasteiger partial charge on any atom is -0.462 e. The van der Waals surface area contributed by atoms with E-state index < -0.39 is 40.2 Å². The number of halogens is 3. The van der Waals surface area contributed by atoms with Gasteiger partial charge in [0.2, 0.25) is 0 Å². The molecule has 0 radical (unpaired) electrons. The second kappa shape index (κ2) is 12.7. The topological polar surface area (TPSA) is 118 Å². The lowest BCUT2D eigenvalue weighted by atomic mass is 10.1. The van der Waals surface area contributed by atoms with Crippen LogP contribution in [0.2, 0.25) is 0 Å². The molecule has 1 N–H and O–H groups in total. The zero-order valence-electron chi connectivity index (χ0n) is 22.0. The number of carbonyl (C=O) groups excluding carboxylic acids is 2. The molecule has 0 aliphatic heterocycles. The number of hydrogen-bond donors (Lipinski definition) is 1. The summed E-state index contributed by atoms with van der Waals surface area (Å²) in [6.45, 7) is 1.11. The molecule has 4 aromatic rings. The Bertz CT molecular complexity index is 1690. The van der Waals surface area contributed by atoms with Crippen LogP contribution in [0.4, 0.5) is 18.9 Å². The highest BCUT2D eigenvalue weighted by Crippen LogP contribution is 2.33. The number of benzene rings is 3. The zero-order valence-corrected chi connectivity index (χ0v) is 22.9. The number of alkyl halides is 3. The molecule has 13 heteroatoms. The first-order chi connectivity index (χ1) is 20.0. The molecule has 218 valence electrons. The van der Waals surface area contributed by atoms with Crippen molar-refractivity contribution in [3.63, 3.8) is 0 Å². The number of nitrogens with zero attached hydrogens (tertiary/aromatic N) is 2. The molecule has 0 fully saturated rings. The van der Waals surface area contributed by atoms with Crippen molar-refractivity contribution in [2.45, 2.75) is 18.0 Å². The van der Waals surface area contributed by atoms with Gasteiger partial charge >= 0.3 is 12.1 Å². The molecule has 4 rings (SSSR count). The van der Waals surface area contributed by atoms with Crippen LogP contribution >= 0.6 is 0 Å². The van der Waals surface area contributed by atoms with E-state index in [9.17, 15) is 31.2 Å². The number of ether oxygens (including phenoxy) is 1. The second-order valence-electron chi connectivity index (χ2n) is 8.67. The van der Waals surface area contributed by atoms with Crippen LogP contribution in [-0.2, 0) is 25.7 Å². The van der Waals surface area contributed by atoms with Crippen molar-refractivity contribution < 1.29 is 40.3 Å². The van der Waals surface area contributed by atoms with Crippen LogP contribution in [0.15, 0.2) is 105 Å². The van der Waals surface area contributed by atoms with Crippen LogP contribution in [0.3, 0.4) is 0 Å². The van der Waals surface area contributed by atoms with Crippen molar-refractivity contribution in [2.75, 3.05) is 17.5 Å². The Morgan fingerprint density at radius 1 is 0.976 bits per heavy atom. The van der Waals surface area contributed by atoms with Crippen LogP contribution in [0.5, 0.6) is 0 Å². The average Bonchev–Trinajstić information content (AvgIpc) is 3.45. The van der Waals surface area contributed by atoms with Crippen molar-refractivity contribution >= 4 is 33.8 Å². The largest absolute Gasteiger partial charge is 0.462 e. The molecule has 1 amide bonds. The maximum atomic E-state index is 13.3. The Labute approximate surface area is 239 Å². The average molecular weight is 600 g/mol. The number of esters is 1. The Balaban J connectivity index is 1.49. The number of hydrazone groups is 1. The van der Waals surface area contributed by atoms with Crippen LogP contribution in [0.25, 0.3) is 11.3 Å². The molecular formula is C29H24F3N3O6S. The van der Waals surface area contributed by atoms with Crippen molar-refractivity contribution in [3.05, 3.63) is 108 Å². The number of furan rings is 1. The molecule has 42 heavy (non-hydrogen) atoms. The number of sulfonamides is 1. The standard InChI is InChI=1S/C29H24F3N3O6S/c1-2-40-28(37)21-13-11-20(12-14-21)26-16-15-24(41-26)18-33-34-27(36)19-35(42(38,39)25-9-4-3-5-10-25)23-8-6-7-22(17-23)29(30,31)32/h3-18H,2,19H2,1H3,(H,34,36)/b33-18+. The minimum atomic E-state index is -4.73. The van der Waals surface area contributed by atoms with Gasteiger partial charge in [-0.3, -0.25) is 9.10 Å². The van der Waals surface area contributed by atoms with Crippen molar-refractivity contribution in [1.29, 1.82) is 0 Å². The van der Waals surface area contributed by atoms with E-state index in [-0.39, 0.29) is 22.9 Å². The Morgan fingerprint density at radius 2 is 1.69 bits per heavy atom. The molecule has 0 aliphatic carbocycles. The third-order valence-electron chi connectivity index (χ3n) is 5.77. The molecule has 0 atom stereocenters. The summed E-state index contributed by atoms with van der Waals surface area (Å²) < 4.78 is 77.9. The number of carbonyl (C=O) groups is 2. The van der Waals surface area contributed by atoms with Gasteiger partial charge in [-0.2, -0.15) is 18.3 Å². The fourth-order valence-corrected chi connectivity index (χ4v) is 5.20. The van der Waals surface area contributed by atoms with Gasteiger partial charge in [-0.15, -0.1) is 0 Å². The zero-order chi connectivity index (χ0) is 30.3. The second-order valence-corrected chi connectivity index (χ2v) is 10.5. The first-order valence-electron chi connectivity index (χ1n) is 12.4. The van der Waals surface area contributed by atoms with Gasteiger partial charge in [0.05, 0.1) is 34.5 Å². The van der Waals surface area contributed by atoms with Gasteiger partial charge in [-0.25, -0.2) is 18.6 Å². The molecule has 0 saturated heterocycles. The summed E-state index contributed by atoms with van der Waals surface area (Å²) in [5.74, 6) is -0.672. The van der Waals surface area contributed by atoms with E-state index >= 15 is 0 Å². The van der Waals surface area contributed by atoms with Gasteiger partial charge in [-0.1, -0.05) is 36.4 Å². The van der Waals surface area contributed by atoms with E-state index in [1.165, 1.54) is 30.5 Å². The summed E-state index contributed by atoms with van der Waals surface area (Å²) in [6.07, 6.45) is -3.55. The number of rotatable bonds is 10. The summed E-state index contributed by atoms with van der Waals surface area (Å²) in [5.41, 5.74) is 1.79. The predicted octanol–water partition coefficient (Wildman–Crippen LogP) is 5.49. The molecular weight excluding hydrogens is 575 g/mol. The number of nitrogens with one attached hydrogen (secondary N) is 1. The van der Waals surface area contributed by atoms with Crippen molar-refractivity contribution in [2.24, 2.45) is 5.10 Å². The lowest BCUT2D eigenvalue weighted by Gasteiger charge is -2.24. The molecule has 1 heterocycles. The van der Waals surface area contributed by atoms with Crippen molar-refractivity contribution in [1.82, 2.24) is 5.43 Å². The first kappa shape index (κ1) is 30.1. The van der Waals surface area contributed by atoms with E-state index in [2.05, 4.69) is 10.5 Å². The fraction of sp³-hybridized carbons (Fsp3) is 0.138. The highest BCUT2D eigenvalue weighted by Gasteiger charge is 2.33. The van der Waals surface area contributed by atoms with Gasteiger partial charge in [0.15, 0.2) is 0 Å². The highest BCUT2D eigenvalue weighted by atomic mass is 32.2. The molecule has 0 aliphatic rings. The van der Waals surface area contributed by atoms with E-state index in [4.69, 9.17) is 9.15 Å². The predicted molar refractivity (Wildman–Crippen MR) is 148 cm³/mol. The summed E-state index contributed by atoms with van der Waals surface area (Å²) >= 11 is 0. The molecule has 3 aromatic carbocycles. The molecule has 1 aromatic heterocycles. The summed E-state index contributed by atoms with van der Waals surface area (Å²) in [6, 6.07) is 20.4. The normalized spacial score (nSPS) is 11.8. The molecule has 0 bridgehead atoms. The SMILES string of the molecule is CCOC(=O)c1ccc(-c2ccc(/C=N/NC(=O)CN(c3cccc(C(F)(F)F)c3)S(=O)(=O)c3ccccc3)o2)cc1. The number of hydrogen-bond acceptors (Lipinski definition) is 7. The highest BCUT2D eigenvalue weighted by molar-refractivity contribution is 7.92. The lowest BCUT2D eigenvalue weighted by Crippen LogP contribution is -2.39. The fourth-order valence-electron chi connectivity index (χ4n) is 3.77. The Morgan fingerprint density at radius 3 is 2.36 bits per heavy atom. The van der Waals surface area contributed by atoms with Crippen LogP contribution in [0.1, 0.15) is 28.6 Å². The molecule has 0 spiro atoms. The van der Waals surface area contributed by atoms with Gasteiger partial charge < -0.3 is 9.15 Å². The van der Waals surface area contributed by atoms with Crippen LogP contribution in [0, 0.1) is 0 Å². The van der Waals surface area contributed by atoms with Gasteiger partial charge in [-0.05, 0) is 61.5 Å². The first-order valence-corrected chi connectivity index (χ1v) is 13.9. The minimum absolute atomic E-state index is 0.211. The van der Waals surface area contributed by atoms with E-state index in [0.29, 0.717) is 27.3 Å². The smallest absolute Gasteiger partial charge is 0.416 e. The summed E-state index contributed by atoms with van der Waals surface area (Å²) in [5, 5.41) is 3.78. The van der Waals surface area contributed by atoms with Gasteiger partial charge in [0.25, 0.3) is 15.9 Å². The summed E-state index contributed by atoms with van der Waals surface area (Å²) in [7, 11) is -4.42. The summed E-state index contributed by atoms with van der Waals surface area (Å²) in [4.78, 5) is 24.3. The Kier molecular flexibility index (Phi) is 9.11. The van der Waals surface area contributed by atoms with Crippen molar-refractivity contribution in [3.8, 4) is 11.3 Å². The maximum Gasteiger partial charge on any atom is 0.416 e. The number of amides is 1. The molecule has 0 saturated carbocycles. The van der Waals surface area contributed by atoms with E-state index in [1.54, 1.807) is 49.4 Å². The lowest BCUT2D eigenvalue weighted by molar-refractivity contribution is -0.137. The molecule has 0 unspecified atom stereocenters.